The van der Waals surface area contributed by atoms with E-state index >= 15 is 0 Å². The van der Waals surface area contributed by atoms with Crippen LogP contribution < -0.4 is 4.90 Å². The molecule has 0 atom stereocenters. The number of aromatic amines is 1. The number of benzene rings is 2. The SMILES string of the molecule is Cc1cc2cc(-c3cc(SN(C)C)ccc3N3CCCC3)[nH]c2cc1C. The molecule has 0 radical (unpaired) electrons. The molecule has 3 aromatic rings. The van der Waals surface area contributed by atoms with Crippen molar-refractivity contribution < 1.29 is 0 Å². The van der Waals surface area contributed by atoms with Gasteiger partial charge in [-0.2, -0.15) is 0 Å². The summed E-state index contributed by atoms with van der Waals surface area (Å²) >= 11 is 1.77. The molecule has 2 heterocycles. The summed E-state index contributed by atoms with van der Waals surface area (Å²) in [4.78, 5) is 7.48. The first kappa shape index (κ1) is 17.5. The number of hydrogen-bond acceptors (Lipinski definition) is 3. The van der Waals surface area contributed by atoms with Crippen molar-refractivity contribution in [3.63, 3.8) is 0 Å². The van der Waals surface area contributed by atoms with E-state index in [9.17, 15) is 0 Å². The minimum Gasteiger partial charge on any atom is -0.371 e. The molecule has 1 N–H and O–H groups in total. The van der Waals surface area contributed by atoms with Gasteiger partial charge in [0.15, 0.2) is 0 Å². The van der Waals surface area contributed by atoms with E-state index in [1.165, 1.54) is 56.7 Å². The minimum absolute atomic E-state index is 1.16. The average Bonchev–Trinajstić information content (AvgIpc) is 3.24. The molecule has 0 amide bonds. The lowest BCUT2D eigenvalue weighted by atomic mass is 10.1. The van der Waals surface area contributed by atoms with Gasteiger partial charge in [-0.15, -0.1) is 0 Å². The van der Waals surface area contributed by atoms with Crippen LogP contribution in [0.1, 0.15) is 24.0 Å². The highest BCUT2D eigenvalue weighted by Gasteiger charge is 2.18. The van der Waals surface area contributed by atoms with Gasteiger partial charge in [0.1, 0.15) is 0 Å². The van der Waals surface area contributed by atoms with Crippen LogP contribution in [-0.4, -0.2) is 36.5 Å². The molecule has 1 fully saturated rings. The van der Waals surface area contributed by atoms with Crippen LogP contribution in [0.5, 0.6) is 0 Å². The van der Waals surface area contributed by atoms with Gasteiger partial charge in [-0.3, -0.25) is 4.31 Å². The highest BCUT2D eigenvalue weighted by molar-refractivity contribution is 7.97. The van der Waals surface area contributed by atoms with Gasteiger partial charge in [-0.25, -0.2) is 0 Å². The maximum atomic E-state index is 3.67. The Morgan fingerprint density at radius 3 is 2.42 bits per heavy atom. The summed E-state index contributed by atoms with van der Waals surface area (Å²) in [5.74, 6) is 0. The Morgan fingerprint density at radius 2 is 1.69 bits per heavy atom. The van der Waals surface area contributed by atoms with Crippen molar-refractivity contribution >= 4 is 28.5 Å². The van der Waals surface area contributed by atoms with Crippen LogP contribution in [-0.2, 0) is 0 Å². The molecule has 0 bridgehead atoms. The molecular weight excluding hydrogens is 338 g/mol. The second-order valence-corrected chi connectivity index (χ2v) is 8.87. The molecule has 1 aliphatic heterocycles. The summed E-state index contributed by atoms with van der Waals surface area (Å²) in [6.45, 7) is 6.68. The zero-order valence-electron chi connectivity index (χ0n) is 16.1. The molecule has 2 aromatic carbocycles. The second-order valence-electron chi connectivity index (χ2n) is 7.48. The fourth-order valence-electron chi connectivity index (χ4n) is 3.78. The minimum atomic E-state index is 1.16. The fraction of sp³-hybridized carbons (Fsp3) is 0.364. The third-order valence-corrected chi connectivity index (χ3v) is 6.06. The Kier molecular flexibility index (Phi) is 4.72. The first-order chi connectivity index (χ1) is 12.5. The van der Waals surface area contributed by atoms with Crippen LogP contribution in [0.25, 0.3) is 22.2 Å². The zero-order chi connectivity index (χ0) is 18.3. The van der Waals surface area contributed by atoms with E-state index in [-0.39, 0.29) is 0 Å². The molecule has 1 aromatic heterocycles. The number of nitrogens with zero attached hydrogens (tertiary/aromatic N) is 2. The molecule has 1 saturated heterocycles. The number of rotatable bonds is 4. The largest absolute Gasteiger partial charge is 0.371 e. The molecular formula is C22H27N3S. The van der Waals surface area contributed by atoms with Crippen LogP contribution in [0.2, 0.25) is 0 Å². The van der Waals surface area contributed by atoms with Crippen LogP contribution in [0, 0.1) is 13.8 Å². The molecule has 0 spiro atoms. The van der Waals surface area contributed by atoms with Crippen molar-refractivity contribution in [1.29, 1.82) is 0 Å². The Morgan fingerprint density at radius 1 is 0.962 bits per heavy atom. The Labute approximate surface area is 160 Å². The zero-order valence-corrected chi connectivity index (χ0v) is 16.9. The van der Waals surface area contributed by atoms with Gasteiger partial charge in [-0.1, -0.05) is 0 Å². The first-order valence-corrected chi connectivity index (χ1v) is 10.1. The van der Waals surface area contributed by atoms with E-state index < -0.39 is 0 Å². The van der Waals surface area contributed by atoms with E-state index in [1.807, 2.05) is 0 Å². The monoisotopic (exact) mass is 365 g/mol. The van der Waals surface area contributed by atoms with Crippen molar-refractivity contribution in [3.8, 4) is 11.3 Å². The Bertz CT molecular complexity index is 897. The third kappa shape index (κ3) is 3.36. The maximum absolute atomic E-state index is 3.67. The molecule has 4 heteroatoms. The molecule has 0 unspecified atom stereocenters. The lowest BCUT2D eigenvalue weighted by molar-refractivity contribution is 0.702. The van der Waals surface area contributed by atoms with E-state index in [1.54, 1.807) is 11.9 Å². The normalized spacial score (nSPS) is 14.7. The second kappa shape index (κ2) is 7.01. The molecule has 1 aliphatic rings. The molecule has 3 nitrogen and oxygen atoms in total. The smallest absolute Gasteiger partial charge is 0.0486 e. The van der Waals surface area contributed by atoms with Crippen molar-refractivity contribution in [2.24, 2.45) is 0 Å². The predicted octanol–water partition coefficient (Wildman–Crippen LogP) is 5.62. The number of fused-ring (bicyclic) bond motifs is 1. The summed E-state index contributed by atoms with van der Waals surface area (Å²) in [6, 6.07) is 13.7. The fourth-order valence-corrected chi connectivity index (χ4v) is 4.50. The standard InChI is InChI=1S/C22H27N3S/c1-15-11-17-13-21(23-20(17)12-16(15)2)19-14-18(26-24(3)4)7-8-22(19)25-9-5-6-10-25/h7-8,11-14,23H,5-6,9-10H2,1-4H3. The molecule has 0 saturated carbocycles. The quantitative estimate of drug-likeness (QED) is 0.607. The van der Waals surface area contributed by atoms with Gasteiger partial charge in [0.05, 0.1) is 0 Å². The summed E-state index contributed by atoms with van der Waals surface area (Å²) in [6.07, 6.45) is 2.58. The van der Waals surface area contributed by atoms with Gasteiger partial charge < -0.3 is 9.88 Å². The van der Waals surface area contributed by atoms with Crippen LogP contribution in [0.15, 0.2) is 41.3 Å². The summed E-state index contributed by atoms with van der Waals surface area (Å²) in [5.41, 5.74) is 7.78. The van der Waals surface area contributed by atoms with Crippen molar-refractivity contribution in [2.75, 3.05) is 32.1 Å². The van der Waals surface area contributed by atoms with Crippen molar-refractivity contribution in [2.45, 2.75) is 31.6 Å². The average molecular weight is 366 g/mol. The summed E-state index contributed by atoms with van der Waals surface area (Å²) in [7, 11) is 4.18. The first-order valence-electron chi connectivity index (χ1n) is 9.36. The van der Waals surface area contributed by atoms with Crippen molar-refractivity contribution in [1.82, 2.24) is 9.29 Å². The lowest BCUT2D eigenvalue weighted by Crippen LogP contribution is -2.18. The predicted molar refractivity (Wildman–Crippen MR) is 114 cm³/mol. The van der Waals surface area contributed by atoms with Crippen LogP contribution >= 0.6 is 11.9 Å². The van der Waals surface area contributed by atoms with Crippen LogP contribution in [0.3, 0.4) is 0 Å². The molecule has 26 heavy (non-hydrogen) atoms. The topological polar surface area (TPSA) is 22.3 Å². The lowest BCUT2D eigenvalue weighted by Gasteiger charge is -2.22. The Hall–Kier alpha value is -1.91. The number of aryl methyl sites for hydroxylation is 2. The number of H-pyrrole nitrogens is 1. The van der Waals surface area contributed by atoms with Crippen LogP contribution in [0.4, 0.5) is 5.69 Å². The summed E-state index contributed by atoms with van der Waals surface area (Å²) < 4.78 is 2.15. The molecule has 4 rings (SSSR count). The van der Waals surface area contributed by atoms with E-state index in [0.29, 0.717) is 0 Å². The number of nitrogens with one attached hydrogen (secondary N) is 1. The number of hydrogen-bond donors (Lipinski definition) is 1. The van der Waals surface area contributed by atoms with Gasteiger partial charge in [0.2, 0.25) is 0 Å². The summed E-state index contributed by atoms with van der Waals surface area (Å²) in [5, 5.41) is 1.29. The highest BCUT2D eigenvalue weighted by Crippen LogP contribution is 2.37. The number of anilines is 1. The van der Waals surface area contributed by atoms with Gasteiger partial charge in [-0.05, 0) is 100 Å². The van der Waals surface area contributed by atoms with Gasteiger partial charge in [0.25, 0.3) is 0 Å². The molecule has 0 aliphatic carbocycles. The number of aromatic nitrogens is 1. The molecule has 136 valence electrons. The van der Waals surface area contributed by atoms with Gasteiger partial charge in [0, 0.05) is 45.8 Å². The van der Waals surface area contributed by atoms with Gasteiger partial charge >= 0.3 is 0 Å². The van der Waals surface area contributed by atoms with E-state index in [2.05, 4.69) is 78.5 Å². The Balaban J connectivity index is 1.84. The van der Waals surface area contributed by atoms with Crippen molar-refractivity contribution in [3.05, 3.63) is 47.5 Å². The van der Waals surface area contributed by atoms with E-state index in [0.717, 1.165) is 13.1 Å². The maximum Gasteiger partial charge on any atom is 0.0486 e. The third-order valence-electron chi connectivity index (χ3n) is 5.23. The highest BCUT2D eigenvalue weighted by atomic mass is 32.2. The van der Waals surface area contributed by atoms with E-state index in [4.69, 9.17) is 0 Å².